The Morgan fingerprint density at radius 1 is 1.14 bits per heavy atom. The van der Waals surface area contributed by atoms with Crippen LogP contribution in [0.1, 0.15) is 58.1 Å². The van der Waals surface area contributed by atoms with Crippen molar-refractivity contribution < 1.29 is 4.74 Å². The molecule has 4 unspecified atom stereocenters. The fraction of sp³-hybridized carbons (Fsp3) is 0.684. The van der Waals surface area contributed by atoms with E-state index in [0.717, 1.165) is 24.9 Å². The Morgan fingerprint density at radius 3 is 2.57 bits per heavy atom. The van der Waals surface area contributed by atoms with Gasteiger partial charge in [0.05, 0.1) is 12.2 Å². The van der Waals surface area contributed by atoms with Gasteiger partial charge in [-0.25, -0.2) is 0 Å². The molecule has 1 aromatic carbocycles. The summed E-state index contributed by atoms with van der Waals surface area (Å²) in [5.41, 5.74) is 1.30. The first-order valence-corrected chi connectivity index (χ1v) is 8.61. The van der Waals surface area contributed by atoms with E-state index in [2.05, 4.69) is 56.4 Å². The van der Waals surface area contributed by atoms with Gasteiger partial charge in [-0.1, -0.05) is 51.1 Å². The molecule has 0 bridgehead atoms. The second-order valence-electron chi connectivity index (χ2n) is 6.63. The molecule has 118 valence electrons. The van der Waals surface area contributed by atoms with Crippen molar-refractivity contribution in [3.05, 3.63) is 35.9 Å². The van der Waals surface area contributed by atoms with Gasteiger partial charge in [-0.3, -0.25) is 0 Å². The molecule has 1 fully saturated rings. The molecule has 0 spiro atoms. The van der Waals surface area contributed by atoms with Gasteiger partial charge in [0.25, 0.3) is 0 Å². The van der Waals surface area contributed by atoms with Gasteiger partial charge in [0.15, 0.2) is 0 Å². The van der Waals surface area contributed by atoms with Crippen LogP contribution in [-0.2, 0) is 4.74 Å². The summed E-state index contributed by atoms with van der Waals surface area (Å²) in [6.07, 6.45) is 5.49. The van der Waals surface area contributed by atoms with Crippen molar-refractivity contribution in [2.45, 2.75) is 58.7 Å². The fourth-order valence-electron chi connectivity index (χ4n) is 3.18. The Kier molecular flexibility index (Phi) is 6.72. The summed E-state index contributed by atoms with van der Waals surface area (Å²) in [5, 5.41) is 3.52. The molecule has 1 aliphatic rings. The van der Waals surface area contributed by atoms with Crippen LogP contribution < -0.4 is 5.32 Å². The van der Waals surface area contributed by atoms with Crippen molar-refractivity contribution in [1.82, 2.24) is 5.32 Å². The molecular weight excluding hydrogens is 258 g/mol. The lowest BCUT2D eigenvalue weighted by molar-refractivity contribution is -0.0479. The smallest absolute Gasteiger partial charge is 0.0952 e. The summed E-state index contributed by atoms with van der Waals surface area (Å²) in [4.78, 5) is 0. The molecule has 0 amide bonds. The van der Waals surface area contributed by atoms with Crippen LogP contribution in [0.5, 0.6) is 0 Å². The second-order valence-corrected chi connectivity index (χ2v) is 6.63. The zero-order valence-corrected chi connectivity index (χ0v) is 13.8. The molecule has 0 aromatic heterocycles. The molecule has 21 heavy (non-hydrogen) atoms. The average molecular weight is 289 g/mol. The normalized spacial score (nSPS) is 27.5. The highest BCUT2D eigenvalue weighted by Gasteiger charge is 2.27. The lowest BCUT2D eigenvalue weighted by Crippen LogP contribution is -2.31. The van der Waals surface area contributed by atoms with Crippen LogP contribution in [0.25, 0.3) is 0 Å². The van der Waals surface area contributed by atoms with Gasteiger partial charge in [-0.05, 0) is 49.6 Å². The van der Waals surface area contributed by atoms with Crippen LogP contribution in [0.15, 0.2) is 30.3 Å². The highest BCUT2D eigenvalue weighted by atomic mass is 16.5. The Bertz CT molecular complexity index is 392. The molecule has 4 atom stereocenters. The SMILES string of the molecule is CCCNCC(OC1CCC(C)C(C)C1)c1ccccc1. The van der Waals surface area contributed by atoms with Gasteiger partial charge in [-0.2, -0.15) is 0 Å². The highest BCUT2D eigenvalue weighted by molar-refractivity contribution is 5.18. The number of hydrogen-bond acceptors (Lipinski definition) is 2. The van der Waals surface area contributed by atoms with E-state index in [1.165, 1.54) is 31.2 Å². The molecular formula is C19H31NO. The van der Waals surface area contributed by atoms with Crippen molar-refractivity contribution in [3.8, 4) is 0 Å². The molecule has 1 aromatic rings. The van der Waals surface area contributed by atoms with E-state index < -0.39 is 0 Å². The van der Waals surface area contributed by atoms with Crippen LogP contribution >= 0.6 is 0 Å². The van der Waals surface area contributed by atoms with Gasteiger partial charge in [-0.15, -0.1) is 0 Å². The molecule has 2 rings (SSSR count). The first kappa shape index (κ1) is 16.5. The van der Waals surface area contributed by atoms with Crippen LogP contribution in [0.3, 0.4) is 0 Å². The zero-order valence-electron chi connectivity index (χ0n) is 13.8. The average Bonchev–Trinajstić information content (AvgIpc) is 2.51. The minimum atomic E-state index is 0.184. The lowest BCUT2D eigenvalue weighted by Gasteiger charge is -2.34. The molecule has 1 saturated carbocycles. The second kappa shape index (κ2) is 8.55. The Hall–Kier alpha value is -0.860. The van der Waals surface area contributed by atoms with E-state index in [1.54, 1.807) is 0 Å². The van der Waals surface area contributed by atoms with Crippen LogP contribution in [0.4, 0.5) is 0 Å². The molecule has 1 aliphatic carbocycles. The number of rotatable bonds is 7. The molecule has 0 radical (unpaired) electrons. The van der Waals surface area contributed by atoms with Gasteiger partial charge in [0, 0.05) is 6.54 Å². The van der Waals surface area contributed by atoms with Gasteiger partial charge in [0.1, 0.15) is 0 Å². The fourth-order valence-corrected chi connectivity index (χ4v) is 3.18. The Labute approximate surface area is 130 Å². The van der Waals surface area contributed by atoms with E-state index in [-0.39, 0.29) is 6.10 Å². The van der Waals surface area contributed by atoms with Gasteiger partial charge in [0.2, 0.25) is 0 Å². The highest BCUT2D eigenvalue weighted by Crippen LogP contribution is 2.33. The third-order valence-corrected chi connectivity index (χ3v) is 4.83. The predicted molar refractivity (Wildman–Crippen MR) is 89.4 cm³/mol. The first-order valence-electron chi connectivity index (χ1n) is 8.61. The molecule has 2 heteroatoms. The van der Waals surface area contributed by atoms with E-state index in [1.807, 2.05) is 0 Å². The van der Waals surface area contributed by atoms with Gasteiger partial charge < -0.3 is 10.1 Å². The van der Waals surface area contributed by atoms with E-state index in [0.29, 0.717) is 6.10 Å². The summed E-state index contributed by atoms with van der Waals surface area (Å²) in [7, 11) is 0. The van der Waals surface area contributed by atoms with E-state index in [9.17, 15) is 0 Å². The third-order valence-electron chi connectivity index (χ3n) is 4.83. The quantitative estimate of drug-likeness (QED) is 0.742. The minimum absolute atomic E-state index is 0.184. The van der Waals surface area contributed by atoms with Crippen molar-refractivity contribution in [2.75, 3.05) is 13.1 Å². The topological polar surface area (TPSA) is 21.3 Å². The largest absolute Gasteiger partial charge is 0.369 e. The van der Waals surface area contributed by atoms with E-state index >= 15 is 0 Å². The standard InChI is InChI=1S/C19H31NO/c1-4-12-20-14-19(17-8-6-5-7-9-17)21-18-11-10-15(2)16(3)13-18/h5-9,15-16,18-20H,4,10-14H2,1-3H3. The van der Waals surface area contributed by atoms with Crippen LogP contribution in [0, 0.1) is 11.8 Å². The van der Waals surface area contributed by atoms with Crippen molar-refractivity contribution in [1.29, 1.82) is 0 Å². The number of nitrogens with one attached hydrogen (secondary N) is 1. The summed E-state index contributed by atoms with van der Waals surface area (Å²) in [5.74, 6) is 1.63. The van der Waals surface area contributed by atoms with Crippen LogP contribution in [0.2, 0.25) is 0 Å². The number of ether oxygens (including phenoxy) is 1. The maximum absolute atomic E-state index is 6.48. The number of benzene rings is 1. The molecule has 0 saturated heterocycles. The van der Waals surface area contributed by atoms with Gasteiger partial charge >= 0.3 is 0 Å². The Balaban J connectivity index is 1.95. The predicted octanol–water partition coefficient (Wildman–Crippen LogP) is 4.57. The maximum atomic E-state index is 6.48. The summed E-state index contributed by atoms with van der Waals surface area (Å²) in [6, 6.07) is 10.7. The Morgan fingerprint density at radius 2 is 1.90 bits per heavy atom. The third kappa shape index (κ3) is 5.12. The lowest BCUT2D eigenvalue weighted by atomic mass is 9.80. The molecule has 1 N–H and O–H groups in total. The minimum Gasteiger partial charge on any atom is -0.369 e. The summed E-state index contributed by atoms with van der Waals surface area (Å²) < 4.78 is 6.48. The monoisotopic (exact) mass is 289 g/mol. The molecule has 2 nitrogen and oxygen atoms in total. The summed E-state index contributed by atoms with van der Waals surface area (Å²) in [6.45, 7) is 8.92. The van der Waals surface area contributed by atoms with Crippen molar-refractivity contribution in [2.24, 2.45) is 11.8 Å². The molecule has 0 heterocycles. The van der Waals surface area contributed by atoms with Crippen molar-refractivity contribution >= 4 is 0 Å². The molecule has 0 aliphatic heterocycles. The maximum Gasteiger partial charge on any atom is 0.0952 e. The number of hydrogen-bond donors (Lipinski definition) is 1. The van der Waals surface area contributed by atoms with Crippen molar-refractivity contribution in [3.63, 3.8) is 0 Å². The summed E-state index contributed by atoms with van der Waals surface area (Å²) >= 11 is 0. The zero-order chi connectivity index (χ0) is 15.1. The van der Waals surface area contributed by atoms with Crippen LogP contribution in [-0.4, -0.2) is 19.2 Å². The first-order chi connectivity index (χ1) is 10.2. The van der Waals surface area contributed by atoms with E-state index in [4.69, 9.17) is 4.74 Å².